The fraction of sp³-hybridized carbons (Fsp3) is 0.455. The van der Waals surface area contributed by atoms with Crippen LogP contribution in [0, 0.1) is 0 Å². The van der Waals surface area contributed by atoms with E-state index < -0.39 is 6.10 Å². The number of aliphatic hydroxyl groups is 1. The minimum Gasteiger partial charge on any atom is -0.467 e. The summed E-state index contributed by atoms with van der Waals surface area (Å²) in [7, 11) is 1.78. The average Bonchev–Trinajstić information content (AvgIpc) is 2.29. The maximum Gasteiger partial charge on any atom is 0.189 e. The number of hydrogen-bond acceptors (Lipinski definition) is 4. The van der Waals surface area contributed by atoms with Crippen LogP contribution in [0.5, 0.6) is 5.75 Å². The van der Waals surface area contributed by atoms with Crippen molar-refractivity contribution in [2.75, 3.05) is 20.4 Å². The number of halogens is 1. The summed E-state index contributed by atoms with van der Waals surface area (Å²) in [5.74, 6) is 0.737. The van der Waals surface area contributed by atoms with Gasteiger partial charge < -0.3 is 19.9 Å². The second-order valence-corrected chi connectivity index (χ2v) is 4.03. The van der Waals surface area contributed by atoms with Gasteiger partial charge in [-0.05, 0) is 19.2 Å². The van der Waals surface area contributed by atoms with Crippen LogP contribution in [0.25, 0.3) is 0 Å². The van der Waals surface area contributed by atoms with Crippen LogP contribution in [0.15, 0.2) is 12.1 Å². The van der Waals surface area contributed by atoms with E-state index in [0.717, 1.165) is 11.3 Å². The van der Waals surface area contributed by atoms with Crippen molar-refractivity contribution >= 4 is 11.6 Å². The molecule has 0 spiro atoms. The number of nitrogens with one attached hydrogen (secondary N) is 1. The van der Waals surface area contributed by atoms with Gasteiger partial charge in [-0.3, -0.25) is 0 Å². The van der Waals surface area contributed by atoms with Crippen LogP contribution >= 0.6 is 11.6 Å². The lowest BCUT2D eigenvalue weighted by Crippen LogP contribution is -2.21. The van der Waals surface area contributed by atoms with Crippen LogP contribution < -0.4 is 10.1 Å². The Morgan fingerprint density at radius 1 is 1.56 bits per heavy atom. The molecule has 1 atom stereocenters. The maximum atomic E-state index is 10.00. The first kappa shape index (κ1) is 11.7. The van der Waals surface area contributed by atoms with E-state index in [1.165, 1.54) is 0 Å². The first-order valence-corrected chi connectivity index (χ1v) is 5.46. The van der Waals surface area contributed by atoms with Crippen molar-refractivity contribution in [3.05, 3.63) is 28.3 Å². The molecule has 1 heterocycles. The first-order chi connectivity index (χ1) is 7.74. The minimum absolute atomic E-state index is 0.246. The lowest BCUT2D eigenvalue weighted by atomic mass is 10.0. The number of ether oxygens (including phenoxy) is 2. The van der Waals surface area contributed by atoms with Crippen LogP contribution in [-0.2, 0) is 11.3 Å². The Labute approximate surface area is 99.1 Å². The molecule has 0 bridgehead atoms. The fourth-order valence-corrected chi connectivity index (χ4v) is 2.11. The molecule has 1 aliphatic heterocycles. The predicted molar refractivity (Wildman–Crippen MR) is 60.6 cm³/mol. The van der Waals surface area contributed by atoms with Crippen molar-refractivity contribution in [2.24, 2.45) is 0 Å². The molecule has 1 unspecified atom stereocenters. The van der Waals surface area contributed by atoms with Crippen molar-refractivity contribution in [3.8, 4) is 5.75 Å². The van der Waals surface area contributed by atoms with Crippen molar-refractivity contribution in [2.45, 2.75) is 12.7 Å². The Balaban J connectivity index is 2.41. The number of rotatable bonds is 3. The first-order valence-electron chi connectivity index (χ1n) is 5.08. The summed E-state index contributed by atoms with van der Waals surface area (Å²) in [4.78, 5) is 0. The Morgan fingerprint density at radius 3 is 3.12 bits per heavy atom. The molecule has 0 aliphatic carbocycles. The molecular weight excluding hydrogens is 230 g/mol. The molecule has 4 nitrogen and oxygen atoms in total. The van der Waals surface area contributed by atoms with Crippen LogP contribution in [0.2, 0.25) is 5.02 Å². The largest absolute Gasteiger partial charge is 0.467 e. The van der Waals surface area contributed by atoms with Crippen molar-refractivity contribution in [1.29, 1.82) is 0 Å². The molecule has 1 aliphatic rings. The standard InChI is InChI=1S/C11H14ClNO3/c1-13-4-9(14)11-7-5-15-6-16-10(7)3-2-8(11)12/h2-3,9,13-14H,4-6H2,1H3. The Hall–Kier alpha value is -0.810. The summed E-state index contributed by atoms with van der Waals surface area (Å²) in [5, 5.41) is 13.4. The van der Waals surface area contributed by atoms with Gasteiger partial charge in [-0.1, -0.05) is 11.6 Å². The third-order valence-corrected chi connectivity index (χ3v) is 2.87. The highest BCUT2D eigenvalue weighted by Crippen LogP contribution is 2.35. The van der Waals surface area contributed by atoms with Gasteiger partial charge in [0.1, 0.15) is 5.75 Å². The predicted octanol–water partition coefficient (Wildman–Crippen LogP) is 1.46. The zero-order chi connectivity index (χ0) is 11.5. The molecule has 0 saturated heterocycles. The van der Waals surface area contributed by atoms with Crippen LogP contribution in [0.1, 0.15) is 17.2 Å². The zero-order valence-corrected chi connectivity index (χ0v) is 9.75. The summed E-state index contributed by atoms with van der Waals surface area (Å²) in [5.41, 5.74) is 1.52. The third kappa shape index (κ3) is 2.15. The van der Waals surface area contributed by atoms with E-state index in [9.17, 15) is 5.11 Å². The van der Waals surface area contributed by atoms with Crippen molar-refractivity contribution in [3.63, 3.8) is 0 Å². The molecule has 0 radical (unpaired) electrons. The normalized spacial score (nSPS) is 16.4. The molecule has 5 heteroatoms. The summed E-state index contributed by atoms with van der Waals surface area (Å²) in [6.45, 7) is 1.11. The molecule has 1 aromatic carbocycles. The summed E-state index contributed by atoms with van der Waals surface area (Å²) >= 11 is 6.09. The fourth-order valence-electron chi connectivity index (χ4n) is 1.80. The summed E-state index contributed by atoms with van der Waals surface area (Å²) < 4.78 is 10.5. The van der Waals surface area contributed by atoms with E-state index >= 15 is 0 Å². The van der Waals surface area contributed by atoms with Crippen molar-refractivity contribution < 1.29 is 14.6 Å². The number of fused-ring (bicyclic) bond motifs is 1. The van der Waals surface area contributed by atoms with E-state index in [4.69, 9.17) is 21.1 Å². The van der Waals surface area contributed by atoms with E-state index in [1.807, 2.05) is 0 Å². The van der Waals surface area contributed by atoms with Crippen LogP contribution in [0.3, 0.4) is 0 Å². The summed E-state index contributed by atoms with van der Waals surface area (Å²) in [6, 6.07) is 3.54. The minimum atomic E-state index is -0.655. The van der Waals surface area contributed by atoms with Gasteiger partial charge in [0.05, 0.1) is 12.7 Å². The molecule has 2 N–H and O–H groups in total. The molecule has 16 heavy (non-hydrogen) atoms. The molecule has 88 valence electrons. The Bertz CT molecular complexity index is 384. The van der Waals surface area contributed by atoms with E-state index in [-0.39, 0.29) is 6.79 Å². The highest BCUT2D eigenvalue weighted by Gasteiger charge is 2.22. The monoisotopic (exact) mass is 243 g/mol. The quantitative estimate of drug-likeness (QED) is 0.844. The number of benzene rings is 1. The Kier molecular flexibility index (Phi) is 3.66. The topological polar surface area (TPSA) is 50.7 Å². The molecule has 0 fully saturated rings. The molecule has 0 amide bonds. The van der Waals surface area contributed by atoms with Crippen LogP contribution in [-0.4, -0.2) is 25.5 Å². The van der Waals surface area contributed by atoms with E-state index in [1.54, 1.807) is 19.2 Å². The molecule has 0 aromatic heterocycles. The van der Waals surface area contributed by atoms with Gasteiger partial charge in [-0.15, -0.1) is 0 Å². The average molecular weight is 244 g/mol. The van der Waals surface area contributed by atoms with Gasteiger partial charge in [0.25, 0.3) is 0 Å². The molecule has 0 saturated carbocycles. The number of likely N-dealkylation sites (N-methyl/N-ethyl adjacent to an activating group) is 1. The van der Waals surface area contributed by atoms with Gasteiger partial charge in [0.15, 0.2) is 6.79 Å². The maximum absolute atomic E-state index is 10.00. The second kappa shape index (κ2) is 5.01. The summed E-state index contributed by atoms with van der Waals surface area (Å²) in [6.07, 6.45) is -0.655. The Morgan fingerprint density at radius 2 is 2.38 bits per heavy atom. The van der Waals surface area contributed by atoms with Gasteiger partial charge in [0, 0.05) is 22.7 Å². The molecular formula is C11H14ClNO3. The highest BCUT2D eigenvalue weighted by atomic mass is 35.5. The van der Waals surface area contributed by atoms with Crippen molar-refractivity contribution in [1.82, 2.24) is 5.32 Å². The van der Waals surface area contributed by atoms with E-state index in [0.29, 0.717) is 23.7 Å². The second-order valence-electron chi connectivity index (χ2n) is 3.62. The van der Waals surface area contributed by atoms with Crippen LogP contribution in [0.4, 0.5) is 0 Å². The smallest absolute Gasteiger partial charge is 0.189 e. The number of hydrogen-bond donors (Lipinski definition) is 2. The third-order valence-electron chi connectivity index (χ3n) is 2.54. The zero-order valence-electron chi connectivity index (χ0n) is 9.00. The molecule has 1 aromatic rings. The van der Waals surface area contributed by atoms with Gasteiger partial charge in [-0.2, -0.15) is 0 Å². The van der Waals surface area contributed by atoms with E-state index in [2.05, 4.69) is 5.32 Å². The number of aliphatic hydroxyl groups excluding tert-OH is 1. The lowest BCUT2D eigenvalue weighted by Gasteiger charge is -2.23. The highest BCUT2D eigenvalue weighted by molar-refractivity contribution is 6.31. The van der Waals surface area contributed by atoms with Gasteiger partial charge >= 0.3 is 0 Å². The molecule has 2 rings (SSSR count). The SMILES string of the molecule is CNCC(O)c1c(Cl)ccc2c1COCO2. The van der Waals surface area contributed by atoms with Gasteiger partial charge in [-0.25, -0.2) is 0 Å². The van der Waals surface area contributed by atoms with Gasteiger partial charge in [0.2, 0.25) is 0 Å². The lowest BCUT2D eigenvalue weighted by molar-refractivity contribution is -0.0180.